The van der Waals surface area contributed by atoms with Crippen molar-refractivity contribution in [3.63, 3.8) is 0 Å². The van der Waals surface area contributed by atoms with Crippen LogP contribution in [0.4, 0.5) is 0 Å². The monoisotopic (exact) mass is 194 g/mol. The molecule has 0 amide bonds. The summed E-state index contributed by atoms with van der Waals surface area (Å²) < 4.78 is 0. The van der Waals surface area contributed by atoms with E-state index < -0.39 is 0 Å². The van der Waals surface area contributed by atoms with E-state index in [4.69, 9.17) is 0 Å². The maximum absolute atomic E-state index is 2.38. The van der Waals surface area contributed by atoms with Gasteiger partial charge in [0.1, 0.15) is 0 Å². The zero-order valence-electron chi connectivity index (χ0n) is 9.97. The molecule has 2 aliphatic rings. The molecule has 0 N–H and O–H groups in total. The van der Waals surface area contributed by atoms with Gasteiger partial charge >= 0.3 is 0 Å². The van der Waals surface area contributed by atoms with Crippen molar-refractivity contribution in [2.45, 2.75) is 65.2 Å². The minimum atomic E-state index is 1.08. The molecule has 0 aromatic carbocycles. The summed E-state index contributed by atoms with van der Waals surface area (Å²) in [7, 11) is 0. The fraction of sp³-hybridized carbons (Fsp3) is 1.00. The Balaban J connectivity index is 1.85. The molecule has 4 atom stereocenters. The van der Waals surface area contributed by atoms with Crippen LogP contribution in [0.5, 0.6) is 0 Å². The Hall–Kier alpha value is 0. The van der Waals surface area contributed by atoms with E-state index >= 15 is 0 Å². The van der Waals surface area contributed by atoms with E-state index in [1.54, 1.807) is 25.7 Å². The highest BCUT2D eigenvalue weighted by Gasteiger charge is 2.37. The van der Waals surface area contributed by atoms with E-state index in [1.807, 2.05) is 0 Å². The molecule has 0 nitrogen and oxygen atoms in total. The maximum Gasteiger partial charge on any atom is -0.0380 e. The quantitative estimate of drug-likeness (QED) is 0.614. The highest BCUT2D eigenvalue weighted by Crippen LogP contribution is 2.48. The molecule has 0 radical (unpaired) electrons. The van der Waals surface area contributed by atoms with E-state index in [1.165, 1.54) is 25.7 Å². The van der Waals surface area contributed by atoms with E-state index in [9.17, 15) is 0 Å². The van der Waals surface area contributed by atoms with Gasteiger partial charge in [0.05, 0.1) is 0 Å². The summed E-state index contributed by atoms with van der Waals surface area (Å²) in [5, 5.41) is 0. The molecular formula is C14H26. The van der Waals surface area contributed by atoms with Crippen LogP contribution in [0.25, 0.3) is 0 Å². The van der Waals surface area contributed by atoms with Crippen molar-refractivity contribution in [3.8, 4) is 0 Å². The molecular weight excluding hydrogens is 168 g/mol. The molecule has 0 spiro atoms. The van der Waals surface area contributed by atoms with Crippen molar-refractivity contribution in [1.82, 2.24) is 0 Å². The van der Waals surface area contributed by atoms with Gasteiger partial charge in [-0.25, -0.2) is 0 Å². The van der Waals surface area contributed by atoms with Gasteiger partial charge in [-0.15, -0.1) is 0 Å². The lowest BCUT2D eigenvalue weighted by Gasteiger charge is -2.31. The second-order valence-electron chi connectivity index (χ2n) is 5.73. The molecule has 0 bridgehead atoms. The summed E-state index contributed by atoms with van der Waals surface area (Å²) in [6.45, 7) is 4.72. The molecule has 14 heavy (non-hydrogen) atoms. The first-order chi connectivity index (χ1) is 6.83. The lowest BCUT2D eigenvalue weighted by Crippen LogP contribution is -2.19. The molecule has 0 saturated heterocycles. The predicted molar refractivity (Wildman–Crippen MR) is 62.2 cm³/mol. The summed E-state index contributed by atoms with van der Waals surface area (Å²) in [6.07, 6.45) is 12.2. The van der Waals surface area contributed by atoms with Crippen LogP contribution in [0.1, 0.15) is 65.2 Å². The first kappa shape index (κ1) is 10.5. The topological polar surface area (TPSA) is 0 Å². The van der Waals surface area contributed by atoms with Crippen LogP contribution in [0.15, 0.2) is 0 Å². The molecule has 0 aliphatic heterocycles. The number of hydrogen-bond acceptors (Lipinski definition) is 0. The summed E-state index contributed by atoms with van der Waals surface area (Å²) in [5.74, 6) is 4.45. The van der Waals surface area contributed by atoms with Crippen molar-refractivity contribution >= 4 is 0 Å². The highest BCUT2D eigenvalue weighted by atomic mass is 14.4. The average molecular weight is 194 g/mol. The van der Waals surface area contributed by atoms with E-state index in [0.29, 0.717) is 0 Å². The maximum atomic E-state index is 2.38. The van der Waals surface area contributed by atoms with Crippen molar-refractivity contribution in [3.05, 3.63) is 0 Å². The van der Waals surface area contributed by atoms with Crippen LogP contribution in [-0.2, 0) is 0 Å². The van der Waals surface area contributed by atoms with Crippen LogP contribution in [0, 0.1) is 23.7 Å². The third-order valence-electron chi connectivity index (χ3n) is 4.79. The summed E-state index contributed by atoms with van der Waals surface area (Å²) in [4.78, 5) is 0. The average Bonchev–Trinajstić information content (AvgIpc) is 2.59. The van der Waals surface area contributed by atoms with Crippen LogP contribution in [0.3, 0.4) is 0 Å². The molecule has 82 valence electrons. The molecule has 2 fully saturated rings. The van der Waals surface area contributed by atoms with Crippen molar-refractivity contribution in [2.24, 2.45) is 23.7 Å². The Bertz CT molecular complexity index is 173. The van der Waals surface area contributed by atoms with Gasteiger partial charge < -0.3 is 0 Å². The number of hydrogen-bond donors (Lipinski definition) is 0. The van der Waals surface area contributed by atoms with Gasteiger partial charge in [0.25, 0.3) is 0 Å². The first-order valence-corrected chi connectivity index (χ1v) is 6.83. The summed E-state index contributed by atoms with van der Waals surface area (Å²) >= 11 is 0. The van der Waals surface area contributed by atoms with Crippen LogP contribution < -0.4 is 0 Å². The van der Waals surface area contributed by atoms with Gasteiger partial charge in [-0.1, -0.05) is 39.5 Å². The Kier molecular flexibility index (Phi) is 3.52. The van der Waals surface area contributed by atoms with Gasteiger partial charge in [0.2, 0.25) is 0 Å². The second-order valence-corrected chi connectivity index (χ2v) is 5.73. The zero-order valence-corrected chi connectivity index (χ0v) is 9.97. The molecule has 2 saturated carbocycles. The zero-order chi connectivity index (χ0) is 9.97. The second kappa shape index (κ2) is 4.68. The fourth-order valence-electron chi connectivity index (χ4n) is 3.99. The summed E-state index contributed by atoms with van der Waals surface area (Å²) in [5.41, 5.74) is 0. The molecule has 0 aromatic rings. The van der Waals surface area contributed by atoms with E-state index in [0.717, 1.165) is 23.7 Å². The normalized spacial score (nSPS) is 42.4. The first-order valence-electron chi connectivity index (χ1n) is 6.83. The fourth-order valence-corrected chi connectivity index (χ4v) is 3.99. The summed E-state index contributed by atoms with van der Waals surface area (Å²) in [6, 6.07) is 0. The van der Waals surface area contributed by atoms with Crippen molar-refractivity contribution in [2.75, 3.05) is 0 Å². The predicted octanol–water partition coefficient (Wildman–Crippen LogP) is 4.64. The molecule has 0 aromatic heterocycles. The van der Waals surface area contributed by atoms with Crippen LogP contribution >= 0.6 is 0 Å². The van der Waals surface area contributed by atoms with E-state index in [2.05, 4.69) is 13.8 Å². The Morgan fingerprint density at radius 2 is 1.57 bits per heavy atom. The van der Waals surface area contributed by atoms with Gasteiger partial charge in [0, 0.05) is 0 Å². The molecule has 2 rings (SSSR count). The molecule has 0 heterocycles. The lowest BCUT2D eigenvalue weighted by molar-refractivity contribution is 0.204. The van der Waals surface area contributed by atoms with Crippen molar-refractivity contribution in [1.29, 1.82) is 0 Å². The standard InChI is InChI=1S/C14H26/c1-3-5-12-9-13-7-6-11(4-2)8-14(13)10-12/h11-14H,3-10H2,1-2H3. The lowest BCUT2D eigenvalue weighted by atomic mass is 9.75. The van der Waals surface area contributed by atoms with Gasteiger partial charge in [-0.3, -0.25) is 0 Å². The molecule has 4 unspecified atom stereocenters. The van der Waals surface area contributed by atoms with Gasteiger partial charge in [-0.05, 0) is 49.4 Å². The third-order valence-corrected chi connectivity index (χ3v) is 4.79. The Labute approximate surface area is 89.5 Å². The smallest absolute Gasteiger partial charge is 0.0380 e. The van der Waals surface area contributed by atoms with Crippen LogP contribution in [0.2, 0.25) is 0 Å². The van der Waals surface area contributed by atoms with Crippen LogP contribution in [-0.4, -0.2) is 0 Å². The Morgan fingerprint density at radius 1 is 0.857 bits per heavy atom. The van der Waals surface area contributed by atoms with Crippen molar-refractivity contribution < 1.29 is 0 Å². The minimum Gasteiger partial charge on any atom is -0.0654 e. The third kappa shape index (κ3) is 2.15. The highest BCUT2D eigenvalue weighted by molar-refractivity contribution is 4.88. The number of fused-ring (bicyclic) bond motifs is 1. The van der Waals surface area contributed by atoms with E-state index in [-0.39, 0.29) is 0 Å². The molecule has 0 heteroatoms. The minimum absolute atomic E-state index is 1.08. The molecule has 2 aliphatic carbocycles. The van der Waals surface area contributed by atoms with Gasteiger partial charge in [-0.2, -0.15) is 0 Å². The Morgan fingerprint density at radius 3 is 2.29 bits per heavy atom. The van der Waals surface area contributed by atoms with Gasteiger partial charge in [0.15, 0.2) is 0 Å². The SMILES string of the molecule is CCCC1CC2CCC(CC)CC2C1. The largest absolute Gasteiger partial charge is 0.0654 e. The number of rotatable bonds is 3.